The summed E-state index contributed by atoms with van der Waals surface area (Å²) in [5.74, 6) is 0. The fourth-order valence-corrected chi connectivity index (χ4v) is 8.42. The predicted molar refractivity (Wildman–Crippen MR) is 226 cm³/mol. The van der Waals surface area contributed by atoms with Gasteiger partial charge in [0.2, 0.25) is 0 Å². The molecule has 0 aliphatic heterocycles. The zero-order valence-corrected chi connectivity index (χ0v) is 30.8. The number of hydrogen-bond acceptors (Lipinski definition) is 1. The van der Waals surface area contributed by atoms with Crippen LogP contribution in [0.1, 0.15) is 38.8 Å². The van der Waals surface area contributed by atoms with Gasteiger partial charge in [0.25, 0.3) is 0 Å². The third-order valence-electron chi connectivity index (χ3n) is 12.0. The molecule has 0 radical (unpaired) electrons. The zero-order valence-electron chi connectivity index (χ0n) is 30.8. The van der Waals surface area contributed by atoms with E-state index >= 15 is 0 Å². The summed E-state index contributed by atoms with van der Waals surface area (Å²) in [4.78, 5) is 2.46. The highest BCUT2D eigenvalue weighted by Crippen LogP contribution is 2.57. The topological polar surface area (TPSA) is 3.24 Å². The molecule has 8 aromatic carbocycles. The van der Waals surface area contributed by atoms with Gasteiger partial charge in [0, 0.05) is 16.8 Å². The van der Waals surface area contributed by atoms with Gasteiger partial charge in [-0.3, -0.25) is 0 Å². The molecule has 0 aromatic heterocycles. The van der Waals surface area contributed by atoms with Gasteiger partial charge in [-0.25, -0.2) is 0 Å². The van der Waals surface area contributed by atoms with Crippen molar-refractivity contribution in [3.63, 3.8) is 0 Å². The van der Waals surface area contributed by atoms with E-state index in [0.29, 0.717) is 0 Å². The number of hydrogen-bond donors (Lipinski definition) is 0. The number of fused-ring (bicyclic) bond motifs is 5. The van der Waals surface area contributed by atoms with Crippen molar-refractivity contribution in [2.75, 3.05) is 4.90 Å². The van der Waals surface area contributed by atoms with Gasteiger partial charge < -0.3 is 4.90 Å². The van der Waals surface area contributed by atoms with Gasteiger partial charge in [0.15, 0.2) is 0 Å². The van der Waals surface area contributed by atoms with E-state index in [1.807, 2.05) is 0 Å². The predicted octanol–water partition coefficient (Wildman–Crippen LogP) is 14.5. The summed E-state index contributed by atoms with van der Waals surface area (Å²) in [6.07, 6.45) is 0. The normalized spacial score (nSPS) is 14.0. The molecule has 8 aromatic rings. The van der Waals surface area contributed by atoms with E-state index in [1.54, 1.807) is 0 Å². The Balaban J connectivity index is 1.24. The van der Waals surface area contributed by atoms with Crippen LogP contribution in [0, 0.1) is 0 Å². The van der Waals surface area contributed by atoms with Crippen molar-refractivity contribution in [2.45, 2.75) is 38.5 Å². The van der Waals surface area contributed by atoms with E-state index in [2.05, 4.69) is 221 Å². The smallest absolute Gasteiger partial charge is 0.0543 e. The van der Waals surface area contributed by atoms with Crippen molar-refractivity contribution in [2.24, 2.45) is 0 Å². The molecule has 1 aliphatic carbocycles. The second-order valence-corrected chi connectivity index (χ2v) is 15.4. The Bertz CT molecular complexity index is 2580. The van der Waals surface area contributed by atoms with Crippen LogP contribution in [0.25, 0.3) is 55.3 Å². The molecule has 1 nitrogen and oxygen atoms in total. The average molecular weight is 682 g/mol. The van der Waals surface area contributed by atoms with Crippen LogP contribution in [-0.4, -0.2) is 0 Å². The summed E-state index contributed by atoms with van der Waals surface area (Å²) < 4.78 is 0. The highest BCUT2D eigenvalue weighted by Gasteiger charge is 2.46. The SMILES string of the molecule is CC1(C)c2ccccc2-c2c(cc(N(c3ccc(-c4ccccc4)cc3)c3ccc(-c4cccc(-c5ccccc5)c4)cc3)c3ccccc23)C1(C)C. The van der Waals surface area contributed by atoms with Crippen LogP contribution in [0.2, 0.25) is 0 Å². The van der Waals surface area contributed by atoms with Crippen LogP contribution in [0.3, 0.4) is 0 Å². The van der Waals surface area contributed by atoms with E-state index in [1.165, 1.54) is 72.1 Å². The third-order valence-corrected chi connectivity index (χ3v) is 12.0. The first-order valence-corrected chi connectivity index (χ1v) is 18.7. The lowest BCUT2D eigenvalue weighted by Crippen LogP contribution is -2.43. The first kappa shape index (κ1) is 32.7. The molecule has 0 N–H and O–H groups in total. The second kappa shape index (κ2) is 12.8. The largest absolute Gasteiger partial charge is 0.310 e. The molecule has 53 heavy (non-hydrogen) atoms. The van der Waals surface area contributed by atoms with E-state index in [4.69, 9.17) is 0 Å². The van der Waals surface area contributed by atoms with Crippen LogP contribution in [0.15, 0.2) is 188 Å². The molecule has 0 atom stereocenters. The van der Waals surface area contributed by atoms with Gasteiger partial charge in [-0.1, -0.05) is 179 Å². The van der Waals surface area contributed by atoms with Gasteiger partial charge in [0.05, 0.1) is 5.69 Å². The van der Waals surface area contributed by atoms with Crippen LogP contribution < -0.4 is 4.90 Å². The minimum atomic E-state index is -0.133. The molecule has 0 fully saturated rings. The van der Waals surface area contributed by atoms with Gasteiger partial charge in [0.1, 0.15) is 0 Å². The molecule has 9 rings (SSSR count). The summed E-state index contributed by atoms with van der Waals surface area (Å²) in [5.41, 5.74) is 16.0. The van der Waals surface area contributed by atoms with Crippen LogP contribution in [-0.2, 0) is 10.8 Å². The lowest BCUT2D eigenvalue weighted by Gasteiger charge is -2.49. The quantitative estimate of drug-likeness (QED) is 0.169. The molecule has 0 saturated carbocycles. The zero-order chi connectivity index (χ0) is 36.2. The standard InChI is InChI=1S/C52H43N/c1-51(2)47-25-14-13-24-46(47)50-45-23-12-11-22-44(45)49(35-48(50)52(51,3)4)53(42-30-26-38(27-31-42)36-16-7-5-8-17-36)43-32-28-39(29-33-43)41-21-15-20-40(34-41)37-18-9-6-10-19-37/h5-35H,1-4H3. The van der Waals surface area contributed by atoms with Crippen LogP contribution in [0.5, 0.6) is 0 Å². The van der Waals surface area contributed by atoms with Gasteiger partial charge in [-0.15, -0.1) is 0 Å². The summed E-state index contributed by atoms with van der Waals surface area (Å²) in [6.45, 7) is 9.68. The Morgan fingerprint density at radius 2 is 0.774 bits per heavy atom. The van der Waals surface area contributed by atoms with E-state index in [0.717, 1.165) is 11.4 Å². The molecule has 0 amide bonds. The maximum atomic E-state index is 2.50. The van der Waals surface area contributed by atoms with Crippen molar-refractivity contribution >= 4 is 27.8 Å². The molecule has 0 unspecified atom stereocenters. The highest BCUT2D eigenvalue weighted by atomic mass is 15.1. The van der Waals surface area contributed by atoms with E-state index < -0.39 is 0 Å². The maximum Gasteiger partial charge on any atom is 0.0543 e. The molecule has 1 aliphatic rings. The van der Waals surface area contributed by atoms with Gasteiger partial charge in [-0.05, 0) is 108 Å². The van der Waals surface area contributed by atoms with Crippen LogP contribution in [0.4, 0.5) is 17.1 Å². The summed E-state index contributed by atoms with van der Waals surface area (Å²) in [7, 11) is 0. The fourth-order valence-electron chi connectivity index (χ4n) is 8.42. The van der Waals surface area contributed by atoms with Gasteiger partial charge in [-0.2, -0.15) is 0 Å². The molecule has 256 valence electrons. The minimum absolute atomic E-state index is 0.0750. The highest BCUT2D eigenvalue weighted by molar-refractivity contribution is 6.09. The fraction of sp³-hybridized carbons (Fsp3) is 0.115. The Kier molecular flexibility index (Phi) is 7.90. The summed E-state index contributed by atoms with van der Waals surface area (Å²) in [5, 5.41) is 2.53. The maximum absolute atomic E-state index is 2.50. The monoisotopic (exact) mass is 681 g/mol. The molecule has 0 spiro atoms. The van der Waals surface area contributed by atoms with Crippen molar-refractivity contribution < 1.29 is 0 Å². The molecule has 0 saturated heterocycles. The lowest BCUT2D eigenvalue weighted by molar-refractivity contribution is 0.299. The lowest BCUT2D eigenvalue weighted by atomic mass is 9.55. The minimum Gasteiger partial charge on any atom is -0.310 e. The Morgan fingerprint density at radius 3 is 1.38 bits per heavy atom. The molecular weight excluding hydrogens is 639 g/mol. The summed E-state index contributed by atoms with van der Waals surface area (Å²) >= 11 is 0. The van der Waals surface area contributed by atoms with Crippen molar-refractivity contribution in [3.05, 3.63) is 199 Å². The van der Waals surface area contributed by atoms with E-state index in [9.17, 15) is 0 Å². The number of nitrogens with zero attached hydrogens (tertiary/aromatic N) is 1. The first-order chi connectivity index (χ1) is 25.8. The molecular formula is C52H43N. The Labute approximate surface area is 313 Å². The Morgan fingerprint density at radius 1 is 0.340 bits per heavy atom. The van der Waals surface area contributed by atoms with Crippen molar-refractivity contribution in [3.8, 4) is 44.5 Å². The van der Waals surface area contributed by atoms with E-state index in [-0.39, 0.29) is 10.8 Å². The van der Waals surface area contributed by atoms with Crippen LogP contribution >= 0.6 is 0 Å². The Hall–Kier alpha value is -6.18. The first-order valence-electron chi connectivity index (χ1n) is 18.7. The average Bonchev–Trinajstić information content (AvgIpc) is 3.21. The molecule has 0 heterocycles. The number of rotatable bonds is 6. The third kappa shape index (κ3) is 5.47. The van der Waals surface area contributed by atoms with Gasteiger partial charge >= 0.3 is 0 Å². The number of benzene rings is 8. The van der Waals surface area contributed by atoms with Crippen molar-refractivity contribution in [1.29, 1.82) is 0 Å². The number of anilines is 3. The molecule has 0 bridgehead atoms. The van der Waals surface area contributed by atoms with Crippen molar-refractivity contribution in [1.82, 2.24) is 0 Å². The second-order valence-electron chi connectivity index (χ2n) is 15.4. The molecule has 1 heteroatoms. The summed E-state index contributed by atoms with van der Waals surface area (Å²) in [6, 6.07) is 68.8.